The monoisotopic (exact) mass is 200 g/mol. The van der Waals surface area contributed by atoms with Gasteiger partial charge in [-0.2, -0.15) is 0 Å². The number of hydrogen-bond donors (Lipinski definition) is 2. The Labute approximate surface area is 82.9 Å². The minimum absolute atomic E-state index is 0.263. The molecule has 3 nitrogen and oxygen atoms in total. The van der Waals surface area contributed by atoms with Gasteiger partial charge in [0.05, 0.1) is 0 Å². The summed E-state index contributed by atoms with van der Waals surface area (Å²) in [5.41, 5.74) is 3.84. The molecule has 0 heterocycles. The fourth-order valence-electron chi connectivity index (χ4n) is 0.939. The number of phenols is 1. The van der Waals surface area contributed by atoms with Crippen molar-refractivity contribution in [2.45, 2.75) is 6.54 Å². The molecule has 0 aliphatic carbocycles. The first kappa shape index (κ1) is 10.3. The summed E-state index contributed by atoms with van der Waals surface area (Å²) >= 11 is 5.78. The molecular weight excluding hydrogens is 188 g/mol. The molecule has 0 fully saturated rings. The molecule has 0 saturated carbocycles. The first-order valence-corrected chi connectivity index (χ1v) is 4.35. The molecule has 0 saturated heterocycles. The molecule has 0 unspecified atom stereocenters. The van der Waals surface area contributed by atoms with Crippen LogP contribution in [0.15, 0.2) is 18.2 Å². The Morgan fingerprint density at radius 1 is 1.46 bits per heavy atom. The van der Waals surface area contributed by atoms with Crippen molar-refractivity contribution in [2.24, 2.45) is 0 Å². The van der Waals surface area contributed by atoms with E-state index >= 15 is 0 Å². The molecule has 1 aromatic rings. The van der Waals surface area contributed by atoms with Crippen LogP contribution in [0.1, 0.15) is 5.56 Å². The van der Waals surface area contributed by atoms with Crippen LogP contribution in [0, 0.1) is 0 Å². The maximum absolute atomic E-state index is 9.43. The Hall–Kier alpha value is -0.770. The fraction of sp³-hybridized carbons (Fsp3) is 0.333. The van der Waals surface area contributed by atoms with Gasteiger partial charge in [-0.1, -0.05) is 11.6 Å². The van der Waals surface area contributed by atoms with E-state index in [-0.39, 0.29) is 5.75 Å². The topological polar surface area (TPSA) is 35.5 Å². The predicted octanol–water partition coefficient (Wildman–Crippen LogP) is 1.61. The van der Waals surface area contributed by atoms with Crippen molar-refractivity contribution in [1.82, 2.24) is 10.4 Å². The van der Waals surface area contributed by atoms with Crippen LogP contribution >= 0.6 is 11.6 Å². The SMILES string of the molecule is CN(C)NCc1cc(Cl)ccc1O. The van der Waals surface area contributed by atoms with Crippen LogP contribution in [0.2, 0.25) is 5.02 Å². The number of nitrogens with one attached hydrogen (secondary N) is 1. The van der Waals surface area contributed by atoms with Crippen LogP contribution in [0.4, 0.5) is 0 Å². The van der Waals surface area contributed by atoms with Crippen molar-refractivity contribution in [1.29, 1.82) is 0 Å². The van der Waals surface area contributed by atoms with Gasteiger partial charge in [0, 0.05) is 31.2 Å². The summed E-state index contributed by atoms with van der Waals surface area (Å²) in [7, 11) is 3.78. The van der Waals surface area contributed by atoms with Gasteiger partial charge >= 0.3 is 0 Å². The van der Waals surface area contributed by atoms with Crippen molar-refractivity contribution in [3.8, 4) is 5.75 Å². The molecule has 72 valence electrons. The van der Waals surface area contributed by atoms with Crippen molar-refractivity contribution >= 4 is 11.6 Å². The lowest BCUT2D eigenvalue weighted by Gasteiger charge is -2.12. The standard InChI is InChI=1S/C9H13ClN2O/c1-12(2)11-6-7-5-8(10)3-4-9(7)13/h3-5,11,13H,6H2,1-2H3. The second kappa shape index (κ2) is 4.46. The minimum atomic E-state index is 0.263. The quantitative estimate of drug-likeness (QED) is 0.728. The number of halogens is 1. The van der Waals surface area contributed by atoms with Crippen LogP contribution in [-0.2, 0) is 6.54 Å². The van der Waals surface area contributed by atoms with Crippen molar-refractivity contribution in [3.05, 3.63) is 28.8 Å². The Kier molecular flexibility index (Phi) is 3.54. The van der Waals surface area contributed by atoms with E-state index in [4.69, 9.17) is 11.6 Å². The first-order chi connectivity index (χ1) is 6.09. The number of rotatable bonds is 3. The summed E-state index contributed by atoms with van der Waals surface area (Å²) in [6.07, 6.45) is 0. The third-order valence-corrected chi connectivity index (χ3v) is 1.86. The number of hydrogen-bond acceptors (Lipinski definition) is 3. The zero-order chi connectivity index (χ0) is 9.84. The van der Waals surface area contributed by atoms with Gasteiger partial charge in [0.2, 0.25) is 0 Å². The summed E-state index contributed by atoms with van der Waals surface area (Å²) in [5, 5.41) is 11.9. The van der Waals surface area contributed by atoms with Gasteiger partial charge in [-0.15, -0.1) is 0 Å². The number of hydrazine groups is 1. The molecule has 0 bridgehead atoms. The zero-order valence-corrected chi connectivity index (χ0v) is 8.47. The highest BCUT2D eigenvalue weighted by atomic mass is 35.5. The molecule has 0 radical (unpaired) electrons. The summed E-state index contributed by atoms with van der Waals surface area (Å²) in [6.45, 7) is 0.569. The maximum atomic E-state index is 9.43. The normalized spacial score (nSPS) is 10.8. The van der Waals surface area contributed by atoms with Gasteiger partial charge in [-0.25, -0.2) is 0 Å². The molecule has 0 aliphatic heterocycles. The third kappa shape index (κ3) is 3.22. The number of benzene rings is 1. The molecule has 0 aliphatic rings. The number of nitrogens with zero attached hydrogens (tertiary/aromatic N) is 1. The second-order valence-corrected chi connectivity index (χ2v) is 3.44. The molecule has 0 spiro atoms. The van der Waals surface area contributed by atoms with E-state index in [1.54, 1.807) is 18.2 Å². The zero-order valence-electron chi connectivity index (χ0n) is 7.71. The number of phenolic OH excluding ortho intramolecular Hbond substituents is 1. The average molecular weight is 201 g/mol. The smallest absolute Gasteiger partial charge is 0.120 e. The summed E-state index contributed by atoms with van der Waals surface area (Å²) in [4.78, 5) is 0. The predicted molar refractivity (Wildman–Crippen MR) is 53.6 cm³/mol. The lowest BCUT2D eigenvalue weighted by molar-refractivity contribution is 0.283. The highest BCUT2D eigenvalue weighted by Gasteiger charge is 2.01. The average Bonchev–Trinajstić information content (AvgIpc) is 2.06. The van der Waals surface area contributed by atoms with Crippen LogP contribution < -0.4 is 5.43 Å². The summed E-state index contributed by atoms with van der Waals surface area (Å²) in [6, 6.07) is 5.00. The van der Waals surface area contributed by atoms with Gasteiger partial charge in [0.1, 0.15) is 5.75 Å². The van der Waals surface area contributed by atoms with Crippen molar-refractivity contribution < 1.29 is 5.11 Å². The molecule has 1 aromatic carbocycles. The third-order valence-electron chi connectivity index (χ3n) is 1.63. The van der Waals surface area contributed by atoms with Gasteiger partial charge in [0.15, 0.2) is 0 Å². The first-order valence-electron chi connectivity index (χ1n) is 3.98. The molecule has 2 N–H and O–H groups in total. The molecule has 0 amide bonds. The molecular formula is C9H13ClN2O. The van der Waals surface area contributed by atoms with Gasteiger partial charge < -0.3 is 5.11 Å². The van der Waals surface area contributed by atoms with E-state index in [2.05, 4.69) is 5.43 Å². The highest BCUT2D eigenvalue weighted by Crippen LogP contribution is 2.20. The van der Waals surface area contributed by atoms with E-state index in [1.807, 2.05) is 19.1 Å². The highest BCUT2D eigenvalue weighted by molar-refractivity contribution is 6.30. The van der Waals surface area contributed by atoms with Crippen LogP contribution in [0.5, 0.6) is 5.75 Å². The van der Waals surface area contributed by atoms with Crippen LogP contribution in [0.3, 0.4) is 0 Å². The molecule has 13 heavy (non-hydrogen) atoms. The molecule has 0 atom stereocenters. The minimum Gasteiger partial charge on any atom is -0.508 e. The van der Waals surface area contributed by atoms with E-state index in [9.17, 15) is 5.11 Å². The Balaban J connectivity index is 2.70. The van der Waals surface area contributed by atoms with E-state index in [0.29, 0.717) is 11.6 Å². The van der Waals surface area contributed by atoms with Crippen molar-refractivity contribution in [3.63, 3.8) is 0 Å². The Bertz CT molecular complexity index is 289. The molecule has 1 rings (SSSR count). The molecule has 0 aromatic heterocycles. The van der Waals surface area contributed by atoms with E-state index in [1.165, 1.54) is 0 Å². The van der Waals surface area contributed by atoms with Crippen LogP contribution in [0.25, 0.3) is 0 Å². The summed E-state index contributed by atoms with van der Waals surface area (Å²) < 4.78 is 0. The number of aromatic hydroxyl groups is 1. The van der Waals surface area contributed by atoms with Gasteiger partial charge in [-0.05, 0) is 18.2 Å². The lowest BCUT2D eigenvalue weighted by atomic mass is 10.2. The second-order valence-electron chi connectivity index (χ2n) is 3.00. The van der Waals surface area contributed by atoms with Crippen molar-refractivity contribution in [2.75, 3.05) is 14.1 Å². The van der Waals surface area contributed by atoms with E-state index in [0.717, 1.165) is 5.56 Å². The van der Waals surface area contributed by atoms with Gasteiger partial charge in [0.25, 0.3) is 0 Å². The fourth-order valence-corrected chi connectivity index (χ4v) is 1.13. The lowest BCUT2D eigenvalue weighted by Crippen LogP contribution is -2.29. The Morgan fingerprint density at radius 2 is 2.15 bits per heavy atom. The molecule has 4 heteroatoms. The summed E-state index contributed by atoms with van der Waals surface area (Å²) in [5.74, 6) is 0.263. The Morgan fingerprint density at radius 3 is 2.77 bits per heavy atom. The van der Waals surface area contributed by atoms with E-state index < -0.39 is 0 Å². The van der Waals surface area contributed by atoms with Crippen LogP contribution in [-0.4, -0.2) is 24.2 Å². The maximum Gasteiger partial charge on any atom is 0.120 e. The largest absolute Gasteiger partial charge is 0.508 e. The van der Waals surface area contributed by atoms with Gasteiger partial charge in [-0.3, -0.25) is 10.4 Å².